The minimum atomic E-state index is -3.43. The Labute approximate surface area is 122 Å². The van der Waals surface area contributed by atoms with E-state index < -0.39 is 33.7 Å². The molecule has 0 spiro atoms. The lowest BCUT2D eigenvalue weighted by atomic mass is 10.1. The number of rotatable bonds is 3. The van der Waals surface area contributed by atoms with Gasteiger partial charge in [-0.3, -0.25) is 10.1 Å². The molecule has 0 radical (unpaired) electrons. The van der Waals surface area contributed by atoms with E-state index in [2.05, 4.69) is 10.1 Å². The summed E-state index contributed by atoms with van der Waals surface area (Å²) in [7, 11) is -0.900. The van der Waals surface area contributed by atoms with E-state index in [9.17, 15) is 17.6 Å². The van der Waals surface area contributed by atoms with E-state index in [-0.39, 0.29) is 17.3 Å². The van der Waals surface area contributed by atoms with E-state index in [1.165, 1.54) is 26.4 Å². The molecule has 6 nitrogen and oxygen atoms in total. The van der Waals surface area contributed by atoms with Crippen LogP contribution in [0, 0.1) is 5.82 Å². The van der Waals surface area contributed by atoms with Crippen LogP contribution in [0.2, 0.25) is 0 Å². The molecule has 2 atom stereocenters. The standard InChI is InChI=1S/C13H16FNO5S/c1-19-12-4-3-8(5-9(12)14)10-6-21(17,18)7-11(15-10)13(16)20-2/h3-5,10-11,15H,6-7H2,1-2H3. The summed E-state index contributed by atoms with van der Waals surface area (Å²) in [4.78, 5) is 11.6. The molecule has 1 N–H and O–H groups in total. The van der Waals surface area contributed by atoms with Crippen molar-refractivity contribution in [3.05, 3.63) is 29.6 Å². The molecule has 1 aliphatic rings. The minimum Gasteiger partial charge on any atom is -0.494 e. The van der Waals surface area contributed by atoms with Crippen LogP contribution >= 0.6 is 0 Å². The lowest BCUT2D eigenvalue weighted by Gasteiger charge is -2.29. The summed E-state index contributed by atoms with van der Waals surface area (Å²) >= 11 is 0. The second kappa shape index (κ2) is 5.98. The minimum absolute atomic E-state index is 0.0712. The summed E-state index contributed by atoms with van der Waals surface area (Å²) in [6.45, 7) is 0. The quantitative estimate of drug-likeness (QED) is 0.815. The molecule has 1 saturated heterocycles. The normalized spacial score (nSPS) is 24.3. The lowest BCUT2D eigenvalue weighted by Crippen LogP contribution is -2.51. The number of esters is 1. The summed E-state index contributed by atoms with van der Waals surface area (Å²) < 4.78 is 46.9. The van der Waals surface area contributed by atoms with Crippen LogP contribution in [-0.2, 0) is 19.4 Å². The molecule has 1 aliphatic heterocycles. The van der Waals surface area contributed by atoms with Crippen LogP contribution in [0.1, 0.15) is 11.6 Å². The average molecular weight is 317 g/mol. The van der Waals surface area contributed by atoms with Crippen LogP contribution in [0.3, 0.4) is 0 Å². The summed E-state index contributed by atoms with van der Waals surface area (Å²) in [6, 6.07) is 2.55. The number of methoxy groups -OCH3 is 2. The van der Waals surface area contributed by atoms with Crippen LogP contribution in [0.15, 0.2) is 18.2 Å². The maximum Gasteiger partial charge on any atom is 0.323 e. The second-order valence-electron chi connectivity index (χ2n) is 4.77. The monoisotopic (exact) mass is 317 g/mol. The van der Waals surface area contributed by atoms with E-state index in [0.717, 1.165) is 0 Å². The van der Waals surface area contributed by atoms with Gasteiger partial charge in [-0.15, -0.1) is 0 Å². The van der Waals surface area contributed by atoms with Gasteiger partial charge in [0, 0.05) is 6.04 Å². The Balaban J connectivity index is 2.30. The van der Waals surface area contributed by atoms with E-state index in [4.69, 9.17) is 4.74 Å². The Morgan fingerprint density at radius 2 is 2.05 bits per heavy atom. The topological polar surface area (TPSA) is 81.7 Å². The Kier molecular flexibility index (Phi) is 4.48. The van der Waals surface area contributed by atoms with Gasteiger partial charge in [-0.25, -0.2) is 12.8 Å². The summed E-state index contributed by atoms with van der Waals surface area (Å²) in [5.74, 6) is -1.70. The maximum absolute atomic E-state index is 13.7. The molecular formula is C13H16FNO5S. The average Bonchev–Trinajstić information content (AvgIpc) is 2.44. The lowest BCUT2D eigenvalue weighted by molar-refractivity contribution is -0.142. The predicted molar refractivity (Wildman–Crippen MR) is 73.3 cm³/mol. The van der Waals surface area contributed by atoms with Crippen molar-refractivity contribution >= 4 is 15.8 Å². The van der Waals surface area contributed by atoms with E-state index in [1.807, 2.05) is 0 Å². The van der Waals surface area contributed by atoms with Crippen molar-refractivity contribution in [2.45, 2.75) is 12.1 Å². The van der Waals surface area contributed by atoms with Gasteiger partial charge in [-0.2, -0.15) is 0 Å². The SMILES string of the molecule is COC(=O)C1CS(=O)(=O)CC(c2ccc(OC)c(F)c2)N1. The van der Waals surface area contributed by atoms with Gasteiger partial charge in [-0.1, -0.05) is 6.07 Å². The molecule has 8 heteroatoms. The van der Waals surface area contributed by atoms with Crippen molar-refractivity contribution in [1.29, 1.82) is 0 Å². The molecule has 0 saturated carbocycles. The molecule has 116 valence electrons. The third kappa shape index (κ3) is 3.51. The van der Waals surface area contributed by atoms with Gasteiger partial charge < -0.3 is 9.47 Å². The van der Waals surface area contributed by atoms with Crippen molar-refractivity contribution in [2.75, 3.05) is 25.7 Å². The molecule has 1 aromatic carbocycles. The zero-order valence-corrected chi connectivity index (χ0v) is 12.4. The zero-order valence-electron chi connectivity index (χ0n) is 11.6. The van der Waals surface area contributed by atoms with Crippen LogP contribution in [0.4, 0.5) is 4.39 Å². The summed E-state index contributed by atoms with van der Waals surface area (Å²) in [6.07, 6.45) is 0. The van der Waals surface area contributed by atoms with Crippen LogP contribution < -0.4 is 10.1 Å². The highest BCUT2D eigenvalue weighted by atomic mass is 32.2. The summed E-state index contributed by atoms with van der Waals surface area (Å²) in [5, 5.41) is 2.88. The molecule has 1 heterocycles. The molecule has 0 aromatic heterocycles. The second-order valence-corrected chi connectivity index (χ2v) is 6.92. The highest BCUT2D eigenvalue weighted by Gasteiger charge is 2.36. The van der Waals surface area contributed by atoms with Gasteiger partial charge in [0.05, 0.1) is 25.7 Å². The number of benzene rings is 1. The molecule has 1 aromatic rings. The van der Waals surface area contributed by atoms with Crippen molar-refractivity contribution in [1.82, 2.24) is 5.32 Å². The van der Waals surface area contributed by atoms with Crippen molar-refractivity contribution in [3.63, 3.8) is 0 Å². The fraction of sp³-hybridized carbons (Fsp3) is 0.462. The Hall–Kier alpha value is -1.67. The van der Waals surface area contributed by atoms with Gasteiger partial charge >= 0.3 is 5.97 Å². The molecule has 0 aliphatic carbocycles. The fourth-order valence-electron chi connectivity index (χ4n) is 2.29. The third-order valence-corrected chi connectivity index (χ3v) is 4.99. The van der Waals surface area contributed by atoms with Crippen LogP contribution in [0.5, 0.6) is 5.75 Å². The smallest absolute Gasteiger partial charge is 0.323 e. The zero-order chi connectivity index (χ0) is 15.6. The molecular weight excluding hydrogens is 301 g/mol. The summed E-state index contributed by atoms with van der Waals surface area (Å²) in [5.41, 5.74) is 0.436. The molecule has 21 heavy (non-hydrogen) atoms. The predicted octanol–water partition coefficient (Wildman–Crippen LogP) is 0.435. The van der Waals surface area contributed by atoms with Crippen molar-refractivity contribution in [2.24, 2.45) is 0 Å². The maximum atomic E-state index is 13.7. The van der Waals surface area contributed by atoms with Crippen LogP contribution in [0.25, 0.3) is 0 Å². The Morgan fingerprint density at radius 1 is 1.33 bits per heavy atom. The fourth-order valence-corrected chi connectivity index (χ4v) is 3.96. The molecule has 2 unspecified atom stereocenters. The Morgan fingerprint density at radius 3 is 2.62 bits per heavy atom. The number of carbonyl (C=O) groups is 1. The number of ether oxygens (including phenoxy) is 2. The number of sulfone groups is 1. The number of hydrogen-bond acceptors (Lipinski definition) is 6. The van der Waals surface area contributed by atoms with Gasteiger partial charge in [-0.05, 0) is 17.7 Å². The first-order valence-corrected chi connectivity index (χ1v) is 8.06. The van der Waals surface area contributed by atoms with Crippen molar-refractivity contribution < 1.29 is 27.1 Å². The Bertz CT molecular complexity index is 646. The first-order valence-electron chi connectivity index (χ1n) is 6.24. The first kappa shape index (κ1) is 15.7. The van der Waals surface area contributed by atoms with Gasteiger partial charge in [0.2, 0.25) is 0 Å². The van der Waals surface area contributed by atoms with E-state index >= 15 is 0 Å². The third-order valence-electron chi connectivity index (χ3n) is 3.31. The van der Waals surface area contributed by atoms with E-state index in [0.29, 0.717) is 5.56 Å². The number of nitrogens with one attached hydrogen (secondary N) is 1. The number of halogens is 1. The highest BCUT2D eigenvalue weighted by Crippen LogP contribution is 2.25. The van der Waals surface area contributed by atoms with E-state index in [1.54, 1.807) is 6.07 Å². The molecule has 0 amide bonds. The molecule has 2 rings (SSSR count). The molecule has 0 bridgehead atoms. The number of carbonyl (C=O) groups excluding carboxylic acids is 1. The largest absolute Gasteiger partial charge is 0.494 e. The van der Waals surface area contributed by atoms with Gasteiger partial charge in [0.1, 0.15) is 6.04 Å². The van der Waals surface area contributed by atoms with Crippen LogP contribution in [-0.4, -0.2) is 46.2 Å². The first-order chi connectivity index (χ1) is 9.86. The van der Waals surface area contributed by atoms with Crippen molar-refractivity contribution in [3.8, 4) is 5.75 Å². The van der Waals surface area contributed by atoms with Gasteiger partial charge in [0.25, 0.3) is 0 Å². The highest BCUT2D eigenvalue weighted by molar-refractivity contribution is 7.91. The van der Waals surface area contributed by atoms with Gasteiger partial charge in [0.15, 0.2) is 21.4 Å². The number of hydrogen-bond donors (Lipinski definition) is 1. The molecule has 1 fully saturated rings.